The maximum Gasteiger partial charge on any atom is 0.304 e. The van der Waals surface area contributed by atoms with Crippen LogP contribution in [0.25, 0.3) is 0 Å². The third-order valence-electron chi connectivity index (χ3n) is 2.86. The molecule has 1 aliphatic heterocycles. The third-order valence-corrected chi connectivity index (χ3v) is 2.86. The Morgan fingerprint density at radius 1 is 1.39 bits per heavy atom. The van der Waals surface area contributed by atoms with Gasteiger partial charge in [0.05, 0.1) is 18.7 Å². The van der Waals surface area contributed by atoms with E-state index in [0.29, 0.717) is 12.3 Å². The molecule has 0 radical (unpaired) electrons. The lowest BCUT2D eigenvalue weighted by atomic mass is 9.95. The molecule has 1 atom stereocenters. The van der Waals surface area contributed by atoms with Crippen molar-refractivity contribution in [1.29, 1.82) is 0 Å². The van der Waals surface area contributed by atoms with Crippen LogP contribution in [0.2, 0.25) is 0 Å². The quantitative estimate of drug-likeness (QED) is 0.875. The second-order valence-corrected chi connectivity index (χ2v) is 4.25. The number of rotatable bonds is 3. The van der Waals surface area contributed by atoms with Crippen molar-refractivity contribution < 1.29 is 14.7 Å². The van der Waals surface area contributed by atoms with Crippen LogP contribution in [0.3, 0.4) is 0 Å². The van der Waals surface area contributed by atoms with E-state index in [1.54, 1.807) is 0 Å². The van der Waals surface area contributed by atoms with Gasteiger partial charge in [-0.3, -0.25) is 9.59 Å². The molecule has 1 aliphatic rings. The fraction of sp³-hybridized carbons (Fsp3) is 0.308. The van der Waals surface area contributed by atoms with Gasteiger partial charge in [-0.1, -0.05) is 30.3 Å². The topological polar surface area (TPSA) is 70.0 Å². The second kappa shape index (κ2) is 5.00. The minimum atomic E-state index is -0.881. The fourth-order valence-corrected chi connectivity index (χ4v) is 2.02. The van der Waals surface area contributed by atoms with E-state index in [9.17, 15) is 9.59 Å². The average Bonchev–Trinajstić information content (AvgIpc) is 2.73. The average molecular weight is 246 g/mol. The van der Waals surface area contributed by atoms with Crippen LogP contribution >= 0.6 is 0 Å². The van der Waals surface area contributed by atoms with Gasteiger partial charge in [0.2, 0.25) is 5.91 Å². The Morgan fingerprint density at radius 3 is 2.61 bits per heavy atom. The molecule has 0 saturated carbocycles. The van der Waals surface area contributed by atoms with Crippen LogP contribution in [0.1, 0.15) is 18.9 Å². The Kier molecular flexibility index (Phi) is 3.41. The number of carbonyl (C=O) groups excluding carboxylic acids is 1. The number of aliphatic carboxylic acids is 1. The normalized spacial score (nSPS) is 18.6. The summed E-state index contributed by atoms with van der Waals surface area (Å²) in [7, 11) is 0. The fourth-order valence-electron chi connectivity index (χ4n) is 2.02. The number of carbonyl (C=O) groups is 2. The molecule has 0 aromatic heterocycles. The van der Waals surface area contributed by atoms with Crippen molar-refractivity contribution >= 4 is 17.6 Å². The standard InChI is InChI=1S/C13H14N2O3/c1-9(16)15-8-11(7-12(17)18)13(14-15)10-5-3-2-4-6-10/h2-6,11H,7-8H2,1H3,(H,17,18). The molecule has 1 N–H and O–H groups in total. The first-order chi connectivity index (χ1) is 8.58. The SMILES string of the molecule is CC(=O)N1CC(CC(=O)O)C(c2ccccc2)=N1. The van der Waals surface area contributed by atoms with E-state index in [-0.39, 0.29) is 18.2 Å². The van der Waals surface area contributed by atoms with Gasteiger partial charge in [0.25, 0.3) is 0 Å². The third kappa shape index (κ3) is 2.56. The Morgan fingerprint density at radius 2 is 2.06 bits per heavy atom. The van der Waals surface area contributed by atoms with E-state index in [1.165, 1.54) is 11.9 Å². The molecule has 5 heteroatoms. The van der Waals surface area contributed by atoms with Gasteiger partial charge in [0.15, 0.2) is 0 Å². The van der Waals surface area contributed by atoms with Crippen LogP contribution < -0.4 is 0 Å². The number of carboxylic acids is 1. The lowest BCUT2D eigenvalue weighted by molar-refractivity contribution is -0.138. The Labute approximate surface area is 105 Å². The first-order valence-electron chi connectivity index (χ1n) is 5.71. The zero-order valence-corrected chi connectivity index (χ0v) is 10.0. The molecular weight excluding hydrogens is 232 g/mol. The summed E-state index contributed by atoms with van der Waals surface area (Å²) >= 11 is 0. The summed E-state index contributed by atoms with van der Waals surface area (Å²) < 4.78 is 0. The highest BCUT2D eigenvalue weighted by atomic mass is 16.4. The predicted molar refractivity (Wildman–Crippen MR) is 66.1 cm³/mol. The number of amides is 1. The Bertz CT molecular complexity index is 496. The summed E-state index contributed by atoms with van der Waals surface area (Å²) in [6.45, 7) is 1.77. The smallest absolute Gasteiger partial charge is 0.304 e. The molecule has 18 heavy (non-hydrogen) atoms. The molecule has 94 valence electrons. The van der Waals surface area contributed by atoms with E-state index in [0.717, 1.165) is 5.56 Å². The van der Waals surface area contributed by atoms with Gasteiger partial charge < -0.3 is 5.11 Å². The number of hydrogen-bond acceptors (Lipinski definition) is 3. The van der Waals surface area contributed by atoms with Crippen LogP contribution in [-0.2, 0) is 9.59 Å². The lowest BCUT2D eigenvalue weighted by Gasteiger charge is -2.11. The molecule has 0 saturated heterocycles. The van der Waals surface area contributed by atoms with Crippen molar-refractivity contribution in [2.45, 2.75) is 13.3 Å². The van der Waals surface area contributed by atoms with Gasteiger partial charge >= 0.3 is 5.97 Å². The van der Waals surface area contributed by atoms with Crippen LogP contribution in [-0.4, -0.2) is 34.2 Å². The molecule has 0 spiro atoms. The number of benzene rings is 1. The van der Waals surface area contributed by atoms with Crippen molar-refractivity contribution in [3.8, 4) is 0 Å². The maximum absolute atomic E-state index is 11.3. The van der Waals surface area contributed by atoms with Crippen LogP contribution in [0, 0.1) is 5.92 Å². The van der Waals surface area contributed by atoms with Gasteiger partial charge in [-0.15, -0.1) is 0 Å². The van der Waals surface area contributed by atoms with Crippen molar-refractivity contribution in [3.63, 3.8) is 0 Å². The molecule has 1 unspecified atom stereocenters. The molecule has 0 bridgehead atoms. The van der Waals surface area contributed by atoms with E-state index in [1.807, 2.05) is 30.3 Å². The highest BCUT2D eigenvalue weighted by Gasteiger charge is 2.31. The molecule has 0 fully saturated rings. The highest BCUT2D eigenvalue weighted by molar-refractivity contribution is 6.05. The van der Waals surface area contributed by atoms with Crippen molar-refractivity contribution in [2.75, 3.05) is 6.54 Å². The van der Waals surface area contributed by atoms with Gasteiger partial charge in [-0.2, -0.15) is 5.10 Å². The van der Waals surface area contributed by atoms with E-state index < -0.39 is 5.97 Å². The Balaban J connectivity index is 2.30. The van der Waals surface area contributed by atoms with Gasteiger partial charge in [0.1, 0.15) is 0 Å². The molecule has 2 rings (SSSR count). The van der Waals surface area contributed by atoms with Crippen LogP contribution in [0.15, 0.2) is 35.4 Å². The summed E-state index contributed by atoms with van der Waals surface area (Å²) in [5, 5.41) is 14.5. The van der Waals surface area contributed by atoms with Crippen LogP contribution in [0.5, 0.6) is 0 Å². The van der Waals surface area contributed by atoms with E-state index in [2.05, 4.69) is 5.10 Å². The van der Waals surface area contributed by atoms with Crippen molar-refractivity contribution in [2.24, 2.45) is 11.0 Å². The highest BCUT2D eigenvalue weighted by Crippen LogP contribution is 2.22. The molecule has 0 aliphatic carbocycles. The largest absolute Gasteiger partial charge is 0.481 e. The van der Waals surface area contributed by atoms with Crippen molar-refractivity contribution in [3.05, 3.63) is 35.9 Å². The van der Waals surface area contributed by atoms with Gasteiger partial charge in [-0.05, 0) is 5.56 Å². The number of hydrazone groups is 1. The van der Waals surface area contributed by atoms with Gasteiger partial charge in [-0.25, -0.2) is 5.01 Å². The second-order valence-electron chi connectivity index (χ2n) is 4.25. The number of nitrogens with zero attached hydrogens (tertiary/aromatic N) is 2. The maximum atomic E-state index is 11.3. The zero-order valence-electron chi connectivity index (χ0n) is 10.0. The summed E-state index contributed by atoms with van der Waals surface area (Å²) in [6, 6.07) is 9.36. The number of carboxylic acid groups (broad SMARTS) is 1. The molecule has 1 amide bonds. The lowest BCUT2D eigenvalue weighted by Crippen LogP contribution is -2.25. The first kappa shape index (κ1) is 12.3. The predicted octanol–water partition coefficient (Wildman–Crippen LogP) is 1.34. The monoisotopic (exact) mass is 246 g/mol. The molecule has 1 heterocycles. The van der Waals surface area contributed by atoms with Crippen molar-refractivity contribution in [1.82, 2.24) is 5.01 Å². The van der Waals surface area contributed by atoms with E-state index >= 15 is 0 Å². The summed E-state index contributed by atoms with van der Waals surface area (Å²) in [6.07, 6.45) is -0.0164. The molecule has 5 nitrogen and oxygen atoms in total. The van der Waals surface area contributed by atoms with E-state index in [4.69, 9.17) is 5.11 Å². The molecule has 1 aromatic carbocycles. The minimum absolute atomic E-state index is 0.0164. The summed E-state index contributed by atoms with van der Waals surface area (Å²) in [5.74, 6) is -1.29. The molecule has 1 aromatic rings. The Hall–Kier alpha value is -2.17. The molecular formula is C13H14N2O3. The van der Waals surface area contributed by atoms with Crippen LogP contribution in [0.4, 0.5) is 0 Å². The zero-order chi connectivity index (χ0) is 13.1. The number of hydrogen-bond donors (Lipinski definition) is 1. The first-order valence-corrected chi connectivity index (χ1v) is 5.71. The van der Waals surface area contributed by atoms with Gasteiger partial charge in [0, 0.05) is 12.8 Å². The minimum Gasteiger partial charge on any atom is -0.481 e. The summed E-state index contributed by atoms with van der Waals surface area (Å²) in [4.78, 5) is 22.2. The summed E-state index contributed by atoms with van der Waals surface area (Å²) in [5.41, 5.74) is 1.54.